The molecule has 0 bridgehead atoms. The highest BCUT2D eigenvalue weighted by Crippen LogP contribution is 2.07. The monoisotopic (exact) mass is 496 g/mol. The van der Waals surface area contributed by atoms with Gasteiger partial charge >= 0.3 is 0 Å². The number of sulfone groups is 1. The number of hydrogen-bond acceptors (Lipinski definition) is 4. The first kappa shape index (κ1) is 24.6. The minimum absolute atomic E-state index is 0. The third-order valence-corrected chi connectivity index (χ3v) is 4.46. The van der Waals surface area contributed by atoms with Gasteiger partial charge in [-0.25, -0.2) is 13.4 Å². The summed E-state index contributed by atoms with van der Waals surface area (Å²) in [7, 11) is -1.38. The molecule has 3 N–H and O–H groups in total. The molecule has 9 heteroatoms. The van der Waals surface area contributed by atoms with E-state index in [9.17, 15) is 13.2 Å². The minimum atomic E-state index is -2.98. The van der Waals surface area contributed by atoms with Crippen molar-refractivity contribution in [3.8, 4) is 0 Å². The molecule has 148 valence electrons. The van der Waals surface area contributed by atoms with Crippen molar-refractivity contribution < 1.29 is 13.2 Å². The van der Waals surface area contributed by atoms with Crippen LogP contribution in [0.1, 0.15) is 36.2 Å². The third-order valence-electron chi connectivity index (χ3n) is 3.48. The lowest BCUT2D eigenvalue weighted by Crippen LogP contribution is -2.42. The van der Waals surface area contributed by atoms with E-state index in [1.807, 2.05) is 26.0 Å². The summed E-state index contributed by atoms with van der Waals surface area (Å²) in [4.78, 5) is 16.2. The molecule has 1 aromatic carbocycles. The van der Waals surface area contributed by atoms with Gasteiger partial charge in [-0.3, -0.25) is 4.79 Å². The van der Waals surface area contributed by atoms with E-state index in [1.165, 1.54) is 6.26 Å². The Kier molecular flexibility index (Phi) is 11.5. The molecule has 0 aromatic heterocycles. The van der Waals surface area contributed by atoms with Gasteiger partial charge in [-0.2, -0.15) is 0 Å². The van der Waals surface area contributed by atoms with Gasteiger partial charge in [-0.15, -0.1) is 24.0 Å². The predicted octanol–water partition coefficient (Wildman–Crippen LogP) is 1.54. The molecular formula is C17H29IN4O3S. The molecule has 26 heavy (non-hydrogen) atoms. The molecule has 0 saturated heterocycles. The van der Waals surface area contributed by atoms with Gasteiger partial charge in [0.1, 0.15) is 9.84 Å². The van der Waals surface area contributed by atoms with Crippen LogP contribution in [-0.2, 0) is 16.4 Å². The molecular weight excluding hydrogens is 467 g/mol. The van der Waals surface area contributed by atoms with Crippen LogP contribution in [0.3, 0.4) is 0 Å². The van der Waals surface area contributed by atoms with E-state index < -0.39 is 9.84 Å². The number of nitrogens with zero attached hydrogens (tertiary/aromatic N) is 1. The average molecular weight is 496 g/mol. The summed E-state index contributed by atoms with van der Waals surface area (Å²) in [5.74, 6) is 0.619. The van der Waals surface area contributed by atoms with Gasteiger partial charge in [0.05, 0.1) is 12.3 Å². The molecule has 1 unspecified atom stereocenters. The summed E-state index contributed by atoms with van der Waals surface area (Å²) in [5.41, 5.74) is 1.51. The van der Waals surface area contributed by atoms with E-state index in [-0.39, 0.29) is 41.7 Å². The first-order chi connectivity index (χ1) is 11.7. The number of halogens is 1. The lowest BCUT2D eigenvalue weighted by atomic mass is 10.1. The van der Waals surface area contributed by atoms with Crippen LogP contribution in [0.25, 0.3) is 0 Å². The molecule has 0 spiro atoms. The lowest BCUT2D eigenvalue weighted by Gasteiger charge is -2.17. The van der Waals surface area contributed by atoms with Crippen LogP contribution >= 0.6 is 24.0 Å². The number of rotatable bonds is 8. The quantitative estimate of drug-likeness (QED) is 0.288. The fraction of sp³-hybridized carbons (Fsp3) is 0.529. The molecule has 1 atom stereocenters. The SMILES string of the molecule is CCNC(=NCc1cccc(C(=O)NC)c1)NC(C)CCS(C)(=O)=O.I. The van der Waals surface area contributed by atoms with Crippen LogP contribution in [0, 0.1) is 0 Å². The third kappa shape index (κ3) is 9.95. The maximum atomic E-state index is 11.7. The van der Waals surface area contributed by atoms with Gasteiger partial charge in [0.25, 0.3) is 5.91 Å². The highest BCUT2D eigenvalue weighted by molar-refractivity contribution is 14.0. The lowest BCUT2D eigenvalue weighted by molar-refractivity contribution is 0.0963. The van der Waals surface area contributed by atoms with E-state index in [2.05, 4.69) is 20.9 Å². The van der Waals surface area contributed by atoms with Crippen LogP contribution in [-0.4, -0.2) is 51.9 Å². The van der Waals surface area contributed by atoms with E-state index in [0.29, 0.717) is 31.0 Å². The summed E-state index contributed by atoms with van der Waals surface area (Å²) < 4.78 is 22.5. The summed E-state index contributed by atoms with van der Waals surface area (Å²) in [6.07, 6.45) is 1.74. The van der Waals surface area contributed by atoms with Crippen molar-refractivity contribution in [2.75, 3.05) is 25.6 Å². The van der Waals surface area contributed by atoms with E-state index in [1.54, 1.807) is 19.2 Å². The van der Waals surface area contributed by atoms with Gasteiger partial charge in [0.2, 0.25) is 0 Å². The van der Waals surface area contributed by atoms with Gasteiger partial charge in [0.15, 0.2) is 5.96 Å². The van der Waals surface area contributed by atoms with Gasteiger partial charge in [0, 0.05) is 31.5 Å². The second-order valence-electron chi connectivity index (χ2n) is 5.94. The Morgan fingerprint density at radius 1 is 1.31 bits per heavy atom. The first-order valence-electron chi connectivity index (χ1n) is 8.28. The Morgan fingerprint density at radius 2 is 2.00 bits per heavy atom. The Hall–Kier alpha value is -1.36. The fourth-order valence-corrected chi connectivity index (χ4v) is 2.92. The van der Waals surface area contributed by atoms with E-state index in [0.717, 1.165) is 5.56 Å². The number of guanidine groups is 1. The van der Waals surface area contributed by atoms with Crippen molar-refractivity contribution in [3.63, 3.8) is 0 Å². The van der Waals surface area contributed by atoms with Crippen LogP contribution in [0.2, 0.25) is 0 Å². The van der Waals surface area contributed by atoms with Crippen molar-refractivity contribution in [1.29, 1.82) is 0 Å². The maximum Gasteiger partial charge on any atom is 0.251 e. The van der Waals surface area contributed by atoms with Gasteiger partial charge in [-0.05, 0) is 38.0 Å². The largest absolute Gasteiger partial charge is 0.357 e. The minimum Gasteiger partial charge on any atom is -0.357 e. The highest BCUT2D eigenvalue weighted by Gasteiger charge is 2.09. The molecule has 0 aliphatic heterocycles. The van der Waals surface area contributed by atoms with Gasteiger partial charge < -0.3 is 16.0 Å². The normalized spacial score (nSPS) is 12.7. The second-order valence-corrected chi connectivity index (χ2v) is 8.20. The molecule has 1 rings (SSSR count). The smallest absolute Gasteiger partial charge is 0.251 e. The number of aliphatic imine (C=N–C) groups is 1. The summed E-state index contributed by atoms with van der Waals surface area (Å²) in [6, 6.07) is 7.27. The van der Waals surface area contributed by atoms with Crippen LogP contribution < -0.4 is 16.0 Å². The number of hydrogen-bond donors (Lipinski definition) is 3. The van der Waals surface area contributed by atoms with Crippen molar-refractivity contribution in [2.45, 2.75) is 32.9 Å². The first-order valence-corrected chi connectivity index (χ1v) is 10.3. The number of nitrogens with one attached hydrogen (secondary N) is 3. The fourth-order valence-electron chi connectivity index (χ4n) is 2.14. The zero-order valence-corrected chi connectivity index (χ0v) is 18.9. The summed E-state index contributed by atoms with van der Waals surface area (Å²) in [6.45, 7) is 5.00. The molecule has 1 aromatic rings. The predicted molar refractivity (Wildman–Crippen MR) is 117 cm³/mol. The van der Waals surface area contributed by atoms with Crippen molar-refractivity contribution in [1.82, 2.24) is 16.0 Å². The highest BCUT2D eigenvalue weighted by atomic mass is 127. The molecule has 0 radical (unpaired) electrons. The molecule has 0 heterocycles. The van der Waals surface area contributed by atoms with E-state index in [4.69, 9.17) is 0 Å². The average Bonchev–Trinajstić information content (AvgIpc) is 2.57. The van der Waals surface area contributed by atoms with Crippen molar-refractivity contribution >= 4 is 45.7 Å². The van der Waals surface area contributed by atoms with E-state index >= 15 is 0 Å². The Morgan fingerprint density at radius 3 is 2.58 bits per heavy atom. The number of carbonyl (C=O) groups excluding carboxylic acids is 1. The molecule has 0 aliphatic rings. The van der Waals surface area contributed by atoms with Crippen LogP contribution in [0.5, 0.6) is 0 Å². The van der Waals surface area contributed by atoms with Crippen molar-refractivity contribution in [2.24, 2.45) is 4.99 Å². The number of benzene rings is 1. The van der Waals surface area contributed by atoms with Crippen LogP contribution in [0.15, 0.2) is 29.3 Å². The number of carbonyl (C=O) groups is 1. The molecule has 7 nitrogen and oxygen atoms in total. The molecule has 0 fully saturated rings. The zero-order valence-electron chi connectivity index (χ0n) is 15.7. The number of amides is 1. The Balaban J connectivity index is 0.00000625. The maximum absolute atomic E-state index is 11.7. The summed E-state index contributed by atoms with van der Waals surface area (Å²) >= 11 is 0. The zero-order chi connectivity index (χ0) is 18.9. The van der Waals surface area contributed by atoms with Crippen LogP contribution in [0.4, 0.5) is 0 Å². The Labute approximate surface area is 173 Å². The standard InChI is InChI=1S/C17H28N4O3S.HI/c1-5-19-17(21-13(2)9-10-25(4,23)24)20-12-14-7-6-8-15(11-14)16(22)18-3;/h6-8,11,13H,5,9-10,12H2,1-4H3,(H,18,22)(H2,19,20,21);1H. The Bertz CT molecular complexity index is 708. The second kappa shape index (κ2) is 12.1. The molecule has 0 saturated carbocycles. The van der Waals surface area contributed by atoms with Gasteiger partial charge in [-0.1, -0.05) is 12.1 Å². The topological polar surface area (TPSA) is 99.7 Å². The summed E-state index contributed by atoms with van der Waals surface area (Å²) in [5, 5.41) is 8.94. The van der Waals surface area contributed by atoms with Crippen molar-refractivity contribution in [3.05, 3.63) is 35.4 Å². The molecule has 1 amide bonds. The molecule has 0 aliphatic carbocycles.